The third-order valence-electron chi connectivity index (χ3n) is 4.21. The second-order valence-corrected chi connectivity index (χ2v) is 5.89. The van der Waals surface area contributed by atoms with Gasteiger partial charge in [0.15, 0.2) is 0 Å². The third-order valence-corrected chi connectivity index (χ3v) is 4.21. The fraction of sp³-hybridized carbons (Fsp3) is 0.211. The quantitative estimate of drug-likeness (QED) is 0.725. The minimum absolute atomic E-state index is 0.682. The molecule has 0 fully saturated rings. The predicted molar refractivity (Wildman–Crippen MR) is 88.1 cm³/mol. The molecular formula is C19H18N2O. The molecule has 2 heterocycles. The maximum Gasteiger partial charge on any atom is 0.128 e. The number of hydrogen-bond donors (Lipinski definition) is 1. The summed E-state index contributed by atoms with van der Waals surface area (Å²) in [4.78, 5) is 0. The van der Waals surface area contributed by atoms with Crippen LogP contribution in [0.3, 0.4) is 0 Å². The predicted octanol–water partition coefficient (Wildman–Crippen LogP) is 4.30. The first-order chi connectivity index (χ1) is 10.7. The van der Waals surface area contributed by atoms with Crippen molar-refractivity contribution in [2.45, 2.75) is 20.3 Å². The van der Waals surface area contributed by atoms with E-state index in [0.29, 0.717) is 6.61 Å². The van der Waals surface area contributed by atoms with Crippen LogP contribution in [0, 0.1) is 13.8 Å². The van der Waals surface area contributed by atoms with Gasteiger partial charge in [0.2, 0.25) is 0 Å². The van der Waals surface area contributed by atoms with Gasteiger partial charge in [-0.15, -0.1) is 0 Å². The fourth-order valence-corrected chi connectivity index (χ4v) is 3.01. The molecule has 0 saturated heterocycles. The molecule has 0 unspecified atom stereocenters. The summed E-state index contributed by atoms with van der Waals surface area (Å²) in [5.41, 5.74) is 8.11. The van der Waals surface area contributed by atoms with Crippen molar-refractivity contribution in [1.29, 1.82) is 0 Å². The van der Waals surface area contributed by atoms with Crippen molar-refractivity contribution >= 4 is 0 Å². The molecule has 1 N–H and O–H groups in total. The Balaban J connectivity index is 1.89. The van der Waals surface area contributed by atoms with E-state index in [-0.39, 0.29) is 0 Å². The topological polar surface area (TPSA) is 37.9 Å². The summed E-state index contributed by atoms with van der Waals surface area (Å²) < 4.78 is 5.91. The Bertz CT molecular complexity index is 831. The first kappa shape index (κ1) is 13.1. The number of fused-ring (bicyclic) bond motifs is 3. The second-order valence-electron chi connectivity index (χ2n) is 5.89. The van der Waals surface area contributed by atoms with Crippen molar-refractivity contribution in [3.63, 3.8) is 0 Å². The summed E-state index contributed by atoms with van der Waals surface area (Å²) >= 11 is 0. The molecule has 0 amide bonds. The first-order valence-corrected chi connectivity index (χ1v) is 7.60. The Morgan fingerprint density at radius 3 is 2.59 bits per heavy atom. The van der Waals surface area contributed by atoms with E-state index >= 15 is 0 Å². The lowest BCUT2D eigenvalue weighted by Crippen LogP contribution is -1.99. The van der Waals surface area contributed by atoms with Crippen LogP contribution < -0.4 is 4.74 Å². The monoisotopic (exact) mass is 290 g/mol. The summed E-state index contributed by atoms with van der Waals surface area (Å²) in [7, 11) is 0. The zero-order valence-corrected chi connectivity index (χ0v) is 12.8. The Labute approximate surface area is 130 Å². The number of aromatic amines is 1. The van der Waals surface area contributed by atoms with Crippen LogP contribution in [0.15, 0.2) is 42.5 Å². The fourth-order valence-electron chi connectivity index (χ4n) is 3.01. The molecular weight excluding hydrogens is 272 g/mol. The number of aromatic nitrogens is 2. The van der Waals surface area contributed by atoms with Crippen LogP contribution in [-0.2, 0) is 6.42 Å². The number of nitrogens with zero attached hydrogens (tertiary/aromatic N) is 1. The molecule has 0 atom stereocenters. The molecule has 3 nitrogen and oxygen atoms in total. The van der Waals surface area contributed by atoms with E-state index in [0.717, 1.165) is 34.7 Å². The van der Waals surface area contributed by atoms with Gasteiger partial charge >= 0.3 is 0 Å². The highest BCUT2D eigenvalue weighted by Crippen LogP contribution is 2.38. The lowest BCUT2D eigenvalue weighted by molar-refractivity contribution is 0.326. The van der Waals surface area contributed by atoms with Crippen LogP contribution in [0.4, 0.5) is 0 Å². The van der Waals surface area contributed by atoms with Crippen molar-refractivity contribution in [1.82, 2.24) is 10.2 Å². The smallest absolute Gasteiger partial charge is 0.128 e. The number of H-pyrrole nitrogens is 1. The maximum atomic E-state index is 5.91. The lowest BCUT2D eigenvalue weighted by Gasteiger charge is -2.07. The second kappa shape index (κ2) is 5.02. The Kier molecular flexibility index (Phi) is 3.00. The number of hydrogen-bond acceptors (Lipinski definition) is 2. The first-order valence-electron chi connectivity index (χ1n) is 7.60. The highest BCUT2D eigenvalue weighted by Gasteiger charge is 2.21. The summed E-state index contributed by atoms with van der Waals surface area (Å²) in [6.45, 7) is 4.88. The van der Waals surface area contributed by atoms with E-state index in [1.807, 2.05) is 6.07 Å². The molecule has 0 radical (unpaired) electrons. The molecule has 22 heavy (non-hydrogen) atoms. The van der Waals surface area contributed by atoms with Crippen molar-refractivity contribution in [3.8, 4) is 28.3 Å². The van der Waals surface area contributed by atoms with Crippen LogP contribution in [0.5, 0.6) is 5.75 Å². The summed E-state index contributed by atoms with van der Waals surface area (Å²) in [6.07, 6.45) is 0.864. The number of aryl methyl sites for hydroxylation is 2. The van der Waals surface area contributed by atoms with Crippen molar-refractivity contribution in [2.24, 2.45) is 0 Å². The third kappa shape index (κ3) is 2.10. The van der Waals surface area contributed by atoms with Crippen LogP contribution in [0.1, 0.15) is 16.7 Å². The van der Waals surface area contributed by atoms with Crippen LogP contribution in [0.25, 0.3) is 22.5 Å². The minimum atomic E-state index is 0.682. The van der Waals surface area contributed by atoms with E-state index in [4.69, 9.17) is 4.74 Å². The maximum absolute atomic E-state index is 5.91. The number of nitrogens with one attached hydrogen (secondary N) is 1. The molecule has 1 aliphatic rings. The van der Waals surface area contributed by atoms with Gasteiger partial charge in [0.25, 0.3) is 0 Å². The van der Waals surface area contributed by atoms with E-state index < -0.39 is 0 Å². The molecule has 1 aromatic heterocycles. The van der Waals surface area contributed by atoms with E-state index in [9.17, 15) is 0 Å². The van der Waals surface area contributed by atoms with Gasteiger partial charge in [0.1, 0.15) is 5.75 Å². The van der Waals surface area contributed by atoms with Gasteiger partial charge in [-0.05, 0) is 26.0 Å². The molecule has 3 heteroatoms. The van der Waals surface area contributed by atoms with Gasteiger partial charge in [0.05, 0.1) is 18.0 Å². The molecule has 0 aliphatic carbocycles. The van der Waals surface area contributed by atoms with Crippen LogP contribution in [-0.4, -0.2) is 16.8 Å². The average molecular weight is 290 g/mol. The number of ether oxygens (including phenoxy) is 1. The molecule has 110 valence electrons. The molecule has 4 rings (SSSR count). The van der Waals surface area contributed by atoms with Gasteiger partial charge in [-0.2, -0.15) is 5.10 Å². The molecule has 3 aromatic rings. The zero-order valence-electron chi connectivity index (χ0n) is 12.8. The van der Waals surface area contributed by atoms with Crippen LogP contribution in [0.2, 0.25) is 0 Å². The van der Waals surface area contributed by atoms with E-state index in [1.54, 1.807) is 0 Å². The molecule has 0 bridgehead atoms. The normalized spacial score (nSPS) is 13.0. The number of benzene rings is 2. The molecule has 0 spiro atoms. The van der Waals surface area contributed by atoms with Gasteiger partial charge < -0.3 is 4.74 Å². The average Bonchev–Trinajstić information content (AvgIpc) is 2.85. The highest BCUT2D eigenvalue weighted by atomic mass is 16.5. The van der Waals surface area contributed by atoms with Gasteiger partial charge in [-0.25, -0.2) is 0 Å². The molecule has 0 saturated carbocycles. The largest absolute Gasteiger partial charge is 0.493 e. The Hall–Kier alpha value is -2.55. The standard InChI is InChI=1S/C19H18N2O/c1-12-3-6-14(7-4-12)18-15-9-10-22-17-8-5-13(2)11-16(17)19(15)21-20-18/h3-8,11H,9-10H2,1-2H3,(H,20,21). The van der Waals surface area contributed by atoms with Crippen molar-refractivity contribution < 1.29 is 4.74 Å². The van der Waals surface area contributed by atoms with Gasteiger partial charge in [0, 0.05) is 23.1 Å². The Morgan fingerprint density at radius 1 is 1.00 bits per heavy atom. The van der Waals surface area contributed by atoms with Gasteiger partial charge in [-0.1, -0.05) is 41.5 Å². The molecule has 2 aromatic carbocycles. The Morgan fingerprint density at radius 2 is 1.77 bits per heavy atom. The summed E-state index contributed by atoms with van der Waals surface area (Å²) in [5.74, 6) is 0.934. The van der Waals surface area contributed by atoms with E-state index in [1.165, 1.54) is 16.7 Å². The minimum Gasteiger partial charge on any atom is -0.493 e. The SMILES string of the molecule is Cc1ccc(-c2n[nH]c3c2CCOc2ccc(C)cc2-3)cc1. The van der Waals surface area contributed by atoms with Crippen molar-refractivity contribution in [3.05, 3.63) is 59.2 Å². The van der Waals surface area contributed by atoms with Gasteiger partial charge in [-0.3, -0.25) is 5.10 Å². The van der Waals surface area contributed by atoms with Crippen molar-refractivity contribution in [2.75, 3.05) is 6.61 Å². The number of rotatable bonds is 1. The van der Waals surface area contributed by atoms with Crippen LogP contribution >= 0.6 is 0 Å². The lowest BCUT2D eigenvalue weighted by atomic mass is 9.99. The zero-order chi connectivity index (χ0) is 15.1. The van der Waals surface area contributed by atoms with E-state index in [2.05, 4.69) is 60.4 Å². The molecule has 1 aliphatic heterocycles. The highest BCUT2D eigenvalue weighted by molar-refractivity contribution is 5.78. The summed E-state index contributed by atoms with van der Waals surface area (Å²) in [5, 5.41) is 7.82. The summed E-state index contributed by atoms with van der Waals surface area (Å²) in [6, 6.07) is 14.8.